The summed E-state index contributed by atoms with van der Waals surface area (Å²) in [5.41, 5.74) is -0.0235. The van der Waals surface area contributed by atoms with Crippen molar-refractivity contribution in [3.63, 3.8) is 0 Å². The van der Waals surface area contributed by atoms with Crippen LogP contribution in [0.3, 0.4) is 0 Å². The predicted octanol–water partition coefficient (Wildman–Crippen LogP) is 1.84. The van der Waals surface area contributed by atoms with Crippen molar-refractivity contribution >= 4 is 0 Å². The van der Waals surface area contributed by atoms with Crippen LogP contribution in [-0.4, -0.2) is 24.8 Å². The lowest BCUT2D eigenvalue weighted by Gasteiger charge is -2.44. The minimum Gasteiger partial charge on any atom is -0.354 e. The van der Waals surface area contributed by atoms with Crippen LogP contribution in [0.5, 0.6) is 0 Å². The zero-order valence-electron chi connectivity index (χ0n) is 9.46. The number of nitriles is 1. The number of nitrogens with one attached hydrogen (secondary N) is 1. The Morgan fingerprint density at radius 3 is 2.80 bits per heavy atom. The molecule has 84 valence electrons. The average Bonchev–Trinajstić information content (AvgIpc) is 2.30. The van der Waals surface area contributed by atoms with Crippen LogP contribution in [0.4, 0.5) is 0 Å². The first-order valence-corrected chi connectivity index (χ1v) is 6.06. The van der Waals surface area contributed by atoms with Crippen molar-refractivity contribution < 1.29 is 4.74 Å². The quantitative estimate of drug-likeness (QED) is 0.715. The molecule has 1 aliphatic carbocycles. The highest BCUT2D eigenvalue weighted by atomic mass is 16.5. The lowest BCUT2D eigenvalue weighted by molar-refractivity contribution is -0.120. The first kappa shape index (κ1) is 10.9. The van der Waals surface area contributed by atoms with Crippen molar-refractivity contribution in [1.82, 2.24) is 5.32 Å². The van der Waals surface area contributed by atoms with Crippen LogP contribution in [0, 0.1) is 17.2 Å². The third-order valence-corrected chi connectivity index (χ3v) is 3.91. The van der Waals surface area contributed by atoms with E-state index in [-0.39, 0.29) is 11.7 Å². The molecule has 0 aromatic heterocycles. The summed E-state index contributed by atoms with van der Waals surface area (Å²) >= 11 is 0. The van der Waals surface area contributed by atoms with E-state index in [1.807, 2.05) is 0 Å². The molecule has 1 saturated carbocycles. The monoisotopic (exact) mass is 208 g/mol. The molecular weight excluding hydrogens is 188 g/mol. The Balaban J connectivity index is 1.94. The van der Waals surface area contributed by atoms with Gasteiger partial charge in [-0.15, -0.1) is 0 Å². The van der Waals surface area contributed by atoms with E-state index in [0.717, 1.165) is 25.3 Å². The summed E-state index contributed by atoms with van der Waals surface area (Å²) in [7, 11) is 0. The van der Waals surface area contributed by atoms with Gasteiger partial charge in [0.2, 0.25) is 0 Å². The van der Waals surface area contributed by atoms with Crippen LogP contribution in [-0.2, 0) is 4.74 Å². The van der Waals surface area contributed by atoms with Crippen LogP contribution in [0.2, 0.25) is 0 Å². The maximum absolute atomic E-state index is 8.89. The van der Waals surface area contributed by atoms with E-state index in [1.165, 1.54) is 19.3 Å². The Labute approximate surface area is 91.8 Å². The van der Waals surface area contributed by atoms with Crippen molar-refractivity contribution in [2.75, 3.05) is 13.1 Å². The number of ether oxygens (including phenoxy) is 1. The van der Waals surface area contributed by atoms with Crippen LogP contribution in [0.15, 0.2) is 0 Å². The van der Waals surface area contributed by atoms with Crippen molar-refractivity contribution in [3.8, 4) is 6.07 Å². The Morgan fingerprint density at radius 2 is 2.20 bits per heavy atom. The highest BCUT2D eigenvalue weighted by Crippen LogP contribution is 2.37. The zero-order valence-corrected chi connectivity index (χ0v) is 9.46. The second-order valence-corrected chi connectivity index (χ2v) is 4.90. The van der Waals surface area contributed by atoms with Gasteiger partial charge in [-0.2, -0.15) is 5.26 Å². The molecule has 3 heteroatoms. The first-order chi connectivity index (χ1) is 7.28. The molecule has 1 unspecified atom stereocenters. The number of hydrogen-bond donors (Lipinski definition) is 1. The van der Waals surface area contributed by atoms with Crippen molar-refractivity contribution in [2.45, 2.75) is 50.7 Å². The summed E-state index contributed by atoms with van der Waals surface area (Å²) in [6.07, 6.45) is 5.81. The molecule has 2 aliphatic rings. The minimum absolute atomic E-state index is 0.0235. The molecule has 0 radical (unpaired) electrons. The van der Waals surface area contributed by atoms with Gasteiger partial charge in [0, 0.05) is 13.1 Å². The Hall–Kier alpha value is -0.590. The van der Waals surface area contributed by atoms with E-state index in [1.54, 1.807) is 0 Å². The Bertz CT molecular complexity index is 251. The number of morpholine rings is 1. The summed E-state index contributed by atoms with van der Waals surface area (Å²) < 4.78 is 5.93. The molecule has 0 bridgehead atoms. The highest BCUT2D eigenvalue weighted by Gasteiger charge is 2.40. The largest absolute Gasteiger partial charge is 0.354 e. The fourth-order valence-corrected chi connectivity index (χ4v) is 2.79. The lowest BCUT2D eigenvalue weighted by atomic mass is 9.77. The molecule has 1 atom stereocenters. The van der Waals surface area contributed by atoms with Gasteiger partial charge in [0.1, 0.15) is 0 Å². The van der Waals surface area contributed by atoms with Crippen LogP contribution in [0.25, 0.3) is 0 Å². The maximum atomic E-state index is 8.89. The number of rotatable bonds is 1. The van der Waals surface area contributed by atoms with Crippen LogP contribution >= 0.6 is 0 Å². The third-order valence-electron chi connectivity index (χ3n) is 3.91. The average molecular weight is 208 g/mol. The molecule has 0 aromatic carbocycles. The van der Waals surface area contributed by atoms with Crippen LogP contribution < -0.4 is 5.32 Å². The smallest absolute Gasteiger partial charge is 0.157 e. The van der Waals surface area contributed by atoms with Gasteiger partial charge in [-0.1, -0.05) is 13.3 Å². The van der Waals surface area contributed by atoms with E-state index in [4.69, 9.17) is 10.00 Å². The summed E-state index contributed by atoms with van der Waals surface area (Å²) in [5.74, 6) is 0.877. The second-order valence-electron chi connectivity index (χ2n) is 4.90. The molecule has 1 saturated heterocycles. The van der Waals surface area contributed by atoms with Crippen LogP contribution in [0.1, 0.15) is 39.0 Å². The van der Waals surface area contributed by atoms with Crippen molar-refractivity contribution in [2.24, 2.45) is 5.92 Å². The van der Waals surface area contributed by atoms with E-state index in [0.29, 0.717) is 6.54 Å². The van der Waals surface area contributed by atoms with Gasteiger partial charge < -0.3 is 10.1 Å². The topological polar surface area (TPSA) is 45.0 Å². The van der Waals surface area contributed by atoms with E-state index in [9.17, 15) is 0 Å². The Morgan fingerprint density at radius 1 is 1.47 bits per heavy atom. The summed E-state index contributed by atoms with van der Waals surface area (Å²) in [6.45, 7) is 3.89. The lowest BCUT2D eigenvalue weighted by Crippen LogP contribution is -2.54. The van der Waals surface area contributed by atoms with E-state index < -0.39 is 0 Å². The fourth-order valence-electron chi connectivity index (χ4n) is 2.79. The molecule has 15 heavy (non-hydrogen) atoms. The van der Waals surface area contributed by atoms with Crippen molar-refractivity contribution in [1.29, 1.82) is 5.26 Å². The highest BCUT2D eigenvalue weighted by molar-refractivity contribution is 4.98. The van der Waals surface area contributed by atoms with E-state index in [2.05, 4.69) is 18.3 Å². The molecule has 2 fully saturated rings. The van der Waals surface area contributed by atoms with Gasteiger partial charge in [0.15, 0.2) is 6.10 Å². The SMILES string of the molecule is CCC1CCC2(CC1)CNCC(C#N)O2. The molecule has 3 nitrogen and oxygen atoms in total. The standard InChI is InChI=1S/C12H20N2O/c1-2-10-3-5-12(6-4-10)9-14-8-11(7-13)15-12/h10-11,14H,2-6,8-9H2,1H3. The summed E-state index contributed by atoms with van der Waals surface area (Å²) in [4.78, 5) is 0. The van der Waals surface area contributed by atoms with Crippen molar-refractivity contribution in [3.05, 3.63) is 0 Å². The van der Waals surface area contributed by atoms with Gasteiger partial charge in [-0.25, -0.2) is 0 Å². The summed E-state index contributed by atoms with van der Waals surface area (Å²) in [6, 6.07) is 2.22. The first-order valence-electron chi connectivity index (χ1n) is 6.06. The van der Waals surface area contributed by atoms with Gasteiger partial charge >= 0.3 is 0 Å². The maximum Gasteiger partial charge on any atom is 0.157 e. The normalized spacial score (nSPS) is 41.3. The second kappa shape index (κ2) is 4.51. The molecule has 0 aromatic rings. The zero-order chi connectivity index (χ0) is 10.7. The molecule has 1 N–H and O–H groups in total. The number of hydrogen-bond acceptors (Lipinski definition) is 3. The molecular formula is C12H20N2O. The predicted molar refractivity (Wildman–Crippen MR) is 58.3 cm³/mol. The van der Waals surface area contributed by atoms with Gasteiger partial charge in [0.25, 0.3) is 0 Å². The van der Waals surface area contributed by atoms with E-state index >= 15 is 0 Å². The van der Waals surface area contributed by atoms with Gasteiger partial charge in [0.05, 0.1) is 11.7 Å². The molecule has 1 aliphatic heterocycles. The minimum atomic E-state index is -0.239. The molecule has 1 heterocycles. The molecule has 1 spiro atoms. The fraction of sp³-hybridized carbons (Fsp3) is 0.917. The molecule has 0 amide bonds. The number of nitrogens with zero attached hydrogens (tertiary/aromatic N) is 1. The Kier molecular flexibility index (Phi) is 3.28. The summed E-state index contributed by atoms with van der Waals surface area (Å²) in [5, 5.41) is 12.2. The van der Waals surface area contributed by atoms with Gasteiger partial charge in [-0.05, 0) is 31.6 Å². The van der Waals surface area contributed by atoms with Gasteiger partial charge in [-0.3, -0.25) is 0 Å². The third kappa shape index (κ3) is 2.32. The molecule has 2 rings (SSSR count).